The van der Waals surface area contributed by atoms with Crippen molar-refractivity contribution in [2.45, 2.75) is 71.1 Å². The van der Waals surface area contributed by atoms with Crippen LogP contribution in [0.4, 0.5) is 0 Å². The zero-order valence-electron chi connectivity index (χ0n) is 12.7. The van der Waals surface area contributed by atoms with E-state index in [0.29, 0.717) is 6.42 Å². The number of aryl methyl sites for hydroxylation is 1. The van der Waals surface area contributed by atoms with E-state index >= 15 is 0 Å². The summed E-state index contributed by atoms with van der Waals surface area (Å²) in [6.07, 6.45) is 14.3. The van der Waals surface area contributed by atoms with E-state index in [9.17, 15) is 4.79 Å². The molecule has 2 nitrogen and oxygen atoms in total. The summed E-state index contributed by atoms with van der Waals surface area (Å²) in [5, 5.41) is 0. The lowest BCUT2D eigenvalue weighted by molar-refractivity contribution is 0.0971. The van der Waals surface area contributed by atoms with Crippen LogP contribution in [0.5, 0.6) is 0 Å². The van der Waals surface area contributed by atoms with Crippen molar-refractivity contribution in [2.75, 3.05) is 0 Å². The lowest BCUT2D eigenvalue weighted by Crippen LogP contribution is -2.04. The highest BCUT2D eigenvalue weighted by Gasteiger charge is 2.07. The van der Waals surface area contributed by atoms with Crippen LogP contribution in [0.3, 0.4) is 0 Å². The van der Waals surface area contributed by atoms with Gasteiger partial charge in [0, 0.05) is 19.7 Å². The zero-order chi connectivity index (χ0) is 13.9. The first-order chi connectivity index (χ1) is 9.25. The summed E-state index contributed by atoms with van der Waals surface area (Å²) in [5.74, 6) is 0.287. The average Bonchev–Trinajstić information content (AvgIpc) is 2.83. The zero-order valence-corrected chi connectivity index (χ0v) is 12.7. The lowest BCUT2D eigenvalue weighted by Gasteiger charge is -2.03. The summed E-state index contributed by atoms with van der Waals surface area (Å²) >= 11 is 0. The van der Waals surface area contributed by atoms with Gasteiger partial charge < -0.3 is 4.57 Å². The Balaban J connectivity index is 1.96. The van der Waals surface area contributed by atoms with Crippen molar-refractivity contribution in [2.24, 2.45) is 7.05 Å². The van der Waals surface area contributed by atoms with Gasteiger partial charge in [-0.15, -0.1) is 0 Å². The van der Waals surface area contributed by atoms with Gasteiger partial charge in [-0.25, -0.2) is 0 Å². The summed E-state index contributed by atoms with van der Waals surface area (Å²) in [6.45, 7) is 2.25. The van der Waals surface area contributed by atoms with Crippen LogP contribution in [0, 0.1) is 0 Å². The Bertz CT molecular complexity index is 354. The molecule has 0 fully saturated rings. The molecule has 0 aromatic carbocycles. The van der Waals surface area contributed by atoms with Crippen LogP contribution < -0.4 is 0 Å². The Labute approximate surface area is 118 Å². The minimum atomic E-state index is 0.287. The second-order valence-corrected chi connectivity index (χ2v) is 5.51. The van der Waals surface area contributed by atoms with Crippen molar-refractivity contribution in [3.8, 4) is 0 Å². The smallest absolute Gasteiger partial charge is 0.179 e. The van der Waals surface area contributed by atoms with Gasteiger partial charge in [-0.05, 0) is 18.6 Å². The van der Waals surface area contributed by atoms with E-state index in [2.05, 4.69) is 6.92 Å². The third kappa shape index (κ3) is 6.60. The second-order valence-electron chi connectivity index (χ2n) is 5.51. The fourth-order valence-corrected chi connectivity index (χ4v) is 2.48. The van der Waals surface area contributed by atoms with Crippen LogP contribution in [0.15, 0.2) is 18.3 Å². The minimum Gasteiger partial charge on any atom is -0.348 e. The molecule has 0 spiro atoms. The third-order valence-electron chi connectivity index (χ3n) is 3.74. The van der Waals surface area contributed by atoms with Gasteiger partial charge in [0.2, 0.25) is 0 Å². The van der Waals surface area contributed by atoms with E-state index in [1.54, 1.807) is 0 Å². The highest BCUT2D eigenvalue weighted by atomic mass is 16.1. The highest BCUT2D eigenvalue weighted by Crippen LogP contribution is 2.12. The van der Waals surface area contributed by atoms with Crippen molar-refractivity contribution < 1.29 is 4.79 Å². The van der Waals surface area contributed by atoms with Gasteiger partial charge in [0.25, 0.3) is 0 Å². The molecule has 0 aliphatic carbocycles. The Morgan fingerprint density at radius 1 is 1.00 bits per heavy atom. The van der Waals surface area contributed by atoms with Gasteiger partial charge in [0.05, 0.1) is 5.69 Å². The molecule has 0 aliphatic heterocycles. The first-order valence-corrected chi connectivity index (χ1v) is 7.90. The Morgan fingerprint density at radius 3 is 2.11 bits per heavy atom. The van der Waals surface area contributed by atoms with Gasteiger partial charge in [-0.3, -0.25) is 4.79 Å². The fraction of sp³-hybridized carbons (Fsp3) is 0.706. The Kier molecular flexibility index (Phi) is 8.28. The molecule has 1 aromatic heterocycles. The number of nitrogens with zero attached hydrogens (tertiary/aromatic N) is 1. The molecule has 0 N–H and O–H groups in total. The summed E-state index contributed by atoms with van der Waals surface area (Å²) in [4.78, 5) is 11.9. The SMILES string of the molecule is CCCCCCCCCCCC(=O)c1cccn1C. The molecule has 0 aliphatic rings. The van der Waals surface area contributed by atoms with Gasteiger partial charge >= 0.3 is 0 Å². The molecule has 0 unspecified atom stereocenters. The molecular formula is C17H29NO. The van der Waals surface area contributed by atoms with E-state index < -0.39 is 0 Å². The Morgan fingerprint density at radius 2 is 1.58 bits per heavy atom. The first kappa shape index (κ1) is 16.0. The number of Topliss-reactive ketones (excluding diaryl/α,β-unsaturated/α-hetero) is 1. The van der Waals surface area contributed by atoms with Crippen LogP contribution in [-0.4, -0.2) is 10.4 Å². The van der Waals surface area contributed by atoms with Gasteiger partial charge in [0.15, 0.2) is 5.78 Å². The molecule has 0 atom stereocenters. The van der Waals surface area contributed by atoms with Crippen molar-refractivity contribution >= 4 is 5.78 Å². The van der Waals surface area contributed by atoms with E-state index in [1.165, 1.54) is 51.4 Å². The molecule has 2 heteroatoms. The molecule has 0 amide bonds. The van der Waals surface area contributed by atoms with E-state index in [0.717, 1.165) is 12.1 Å². The summed E-state index contributed by atoms with van der Waals surface area (Å²) < 4.78 is 1.91. The average molecular weight is 263 g/mol. The molecule has 0 bridgehead atoms. The Hall–Kier alpha value is -1.05. The van der Waals surface area contributed by atoms with Crippen LogP contribution in [0.2, 0.25) is 0 Å². The standard InChI is InChI=1S/C17H29NO/c1-3-4-5-6-7-8-9-10-11-14-17(19)16-13-12-15-18(16)2/h12-13,15H,3-11,14H2,1-2H3. The number of aromatic nitrogens is 1. The van der Waals surface area contributed by atoms with E-state index in [-0.39, 0.29) is 5.78 Å². The number of hydrogen-bond donors (Lipinski definition) is 0. The molecule has 108 valence electrons. The molecule has 0 radical (unpaired) electrons. The van der Waals surface area contributed by atoms with Crippen LogP contribution in [0.1, 0.15) is 81.6 Å². The predicted molar refractivity (Wildman–Crippen MR) is 81.6 cm³/mol. The lowest BCUT2D eigenvalue weighted by atomic mass is 10.0. The van der Waals surface area contributed by atoms with Crippen LogP contribution in [-0.2, 0) is 7.05 Å². The third-order valence-corrected chi connectivity index (χ3v) is 3.74. The number of hydrogen-bond acceptors (Lipinski definition) is 1. The van der Waals surface area contributed by atoms with Gasteiger partial charge in [-0.2, -0.15) is 0 Å². The highest BCUT2D eigenvalue weighted by molar-refractivity contribution is 5.94. The predicted octanol–water partition coefficient (Wildman–Crippen LogP) is 5.13. The molecule has 1 aromatic rings. The summed E-state index contributed by atoms with van der Waals surface area (Å²) in [5.41, 5.74) is 0.847. The van der Waals surface area contributed by atoms with Crippen LogP contribution >= 0.6 is 0 Å². The largest absolute Gasteiger partial charge is 0.348 e. The summed E-state index contributed by atoms with van der Waals surface area (Å²) in [7, 11) is 1.93. The molecule has 0 saturated carbocycles. The number of ketones is 1. The number of carbonyl (C=O) groups is 1. The monoisotopic (exact) mass is 263 g/mol. The topological polar surface area (TPSA) is 22.0 Å². The molecule has 19 heavy (non-hydrogen) atoms. The maximum Gasteiger partial charge on any atom is 0.179 e. The van der Waals surface area contributed by atoms with Gasteiger partial charge in [-0.1, -0.05) is 58.3 Å². The van der Waals surface area contributed by atoms with Gasteiger partial charge in [0.1, 0.15) is 0 Å². The molecular weight excluding hydrogens is 234 g/mol. The minimum absolute atomic E-state index is 0.287. The van der Waals surface area contributed by atoms with Crippen molar-refractivity contribution in [1.29, 1.82) is 0 Å². The van der Waals surface area contributed by atoms with E-state index in [4.69, 9.17) is 0 Å². The van der Waals surface area contributed by atoms with Crippen molar-refractivity contribution in [1.82, 2.24) is 4.57 Å². The molecule has 1 rings (SSSR count). The number of unbranched alkanes of at least 4 members (excludes halogenated alkanes) is 8. The van der Waals surface area contributed by atoms with Crippen LogP contribution in [0.25, 0.3) is 0 Å². The first-order valence-electron chi connectivity index (χ1n) is 7.90. The molecule has 0 saturated heterocycles. The van der Waals surface area contributed by atoms with Crippen molar-refractivity contribution in [3.63, 3.8) is 0 Å². The maximum absolute atomic E-state index is 11.9. The fourth-order valence-electron chi connectivity index (χ4n) is 2.48. The quantitative estimate of drug-likeness (QED) is 0.401. The summed E-state index contributed by atoms with van der Waals surface area (Å²) in [6, 6.07) is 3.85. The number of rotatable bonds is 11. The molecule has 1 heterocycles. The van der Waals surface area contributed by atoms with Crippen molar-refractivity contribution in [3.05, 3.63) is 24.0 Å². The normalized spacial score (nSPS) is 10.8. The maximum atomic E-state index is 11.9. The number of carbonyl (C=O) groups excluding carboxylic acids is 1. The second kappa shape index (κ2) is 9.82. The van der Waals surface area contributed by atoms with E-state index in [1.807, 2.05) is 29.9 Å².